The Labute approximate surface area is 173 Å². The lowest BCUT2D eigenvalue weighted by atomic mass is 9.98. The van der Waals surface area contributed by atoms with E-state index in [4.69, 9.17) is 33.0 Å². The molecule has 1 aliphatic rings. The zero-order valence-electron chi connectivity index (χ0n) is 15.1. The molecule has 0 amide bonds. The van der Waals surface area contributed by atoms with E-state index in [0.29, 0.717) is 27.7 Å². The number of hydrazone groups is 1. The van der Waals surface area contributed by atoms with E-state index in [1.807, 2.05) is 41.4 Å². The van der Waals surface area contributed by atoms with Gasteiger partial charge in [0.2, 0.25) is 0 Å². The average Bonchev–Trinajstić information content (AvgIpc) is 3.15. The van der Waals surface area contributed by atoms with Gasteiger partial charge in [0, 0.05) is 12.0 Å². The highest BCUT2D eigenvalue weighted by molar-refractivity contribution is 6.42. The van der Waals surface area contributed by atoms with Crippen LogP contribution in [0.1, 0.15) is 23.6 Å². The lowest BCUT2D eigenvalue weighted by Crippen LogP contribution is -2.18. The minimum atomic E-state index is -0.286. The summed E-state index contributed by atoms with van der Waals surface area (Å²) in [7, 11) is 1.63. The minimum Gasteiger partial charge on any atom is -0.497 e. The lowest BCUT2D eigenvalue weighted by molar-refractivity contribution is 0.414. The predicted molar refractivity (Wildman–Crippen MR) is 112 cm³/mol. The van der Waals surface area contributed by atoms with Crippen molar-refractivity contribution < 1.29 is 9.13 Å². The van der Waals surface area contributed by atoms with Crippen LogP contribution in [0.25, 0.3) is 0 Å². The van der Waals surface area contributed by atoms with Crippen molar-refractivity contribution in [1.29, 1.82) is 0 Å². The molecule has 6 heteroatoms. The number of benzene rings is 3. The van der Waals surface area contributed by atoms with E-state index in [1.165, 1.54) is 6.07 Å². The Morgan fingerprint density at radius 1 is 1.00 bits per heavy atom. The van der Waals surface area contributed by atoms with E-state index in [9.17, 15) is 4.39 Å². The Hall–Kier alpha value is -2.56. The average molecular weight is 415 g/mol. The second-order valence-corrected chi connectivity index (χ2v) is 7.28. The summed E-state index contributed by atoms with van der Waals surface area (Å²) < 4.78 is 19.6. The molecule has 0 saturated carbocycles. The molecule has 0 aliphatic carbocycles. The molecule has 0 aromatic heterocycles. The summed E-state index contributed by atoms with van der Waals surface area (Å²) >= 11 is 12.3. The van der Waals surface area contributed by atoms with Crippen molar-refractivity contribution in [2.75, 3.05) is 12.1 Å². The zero-order valence-corrected chi connectivity index (χ0v) is 16.6. The molecule has 1 aliphatic heterocycles. The zero-order chi connectivity index (χ0) is 19.7. The van der Waals surface area contributed by atoms with Crippen LogP contribution in [0.5, 0.6) is 5.75 Å². The quantitative estimate of drug-likeness (QED) is 0.486. The maximum atomic E-state index is 14.4. The van der Waals surface area contributed by atoms with Crippen LogP contribution in [-0.2, 0) is 0 Å². The van der Waals surface area contributed by atoms with Gasteiger partial charge in [0.25, 0.3) is 0 Å². The van der Waals surface area contributed by atoms with Gasteiger partial charge in [-0.1, -0.05) is 53.5 Å². The van der Waals surface area contributed by atoms with Crippen molar-refractivity contribution in [3.63, 3.8) is 0 Å². The molecule has 0 radical (unpaired) electrons. The molecule has 0 bridgehead atoms. The number of hydrogen-bond acceptors (Lipinski definition) is 3. The van der Waals surface area contributed by atoms with Gasteiger partial charge in [0.05, 0.1) is 34.6 Å². The van der Waals surface area contributed by atoms with Gasteiger partial charge in [-0.3, -0.25) is 5.01 Å². The van der Waals surface area contributed by atoms with Crippen LogP contribution in [0.3, 0.4) is 0 Å². The van der Waals surface area contributed by atoms with Crippen LogP contribution < -0.4 is 9.75 Å². The van der Waals surface area contributed by atoms with Crippen LogP contribution in [0, 0.1) is 5.82 Å². The maximum absolute atomic E-state index is 14.4. The summed E-state index contributed by atoms with van der Waals surface area (Å²) in [5.41, 5.74) is 3.03. The lowest BCUT2D eigenvalue weighted by Gasteiger charge is -2.24. The molecule has 142 valence electrons. The Balaban J connectivity index is 1.77. The highest BCUT2D eigenvalue weighted by atomic mass is 35.5. The molecule has 0 unspecified atom stereocenters. The SMILES string of the molecule is COc1ccc([C@H]2CC(c3ccccc3F)=NN2c2ccc(Cl)c(Cl)c2)cc1. The molecule has 0 saturated heterocycles. The summed E-state index contributed by atoms with van der Waals surface area (Å²) in [6, 6.07) is 19.7. The van der Waals surface area contributed by atoms with Gasteiger partial charge in [-0.05, 0) is 42.0 Å². The first-order valence-electron chi connectivity index (χ1n) is 8.77. The number of anilines is 1. The van der Waals surface area contributed by atoms with Gasteiger partial charge >= 0.3 is 0 Å². The molecule has 0 spiro atoms. The molecule has 0 N–H and O–H groups in total. The third kappa shape index (κ3) is 3.58. The number of halogens is 3. The summed E-state index contributed by atoms with van der Waals surface area (Å²) in [4.78, 5) is 0. The summed E-state index contributed by atoms with van der Waals surface area (Å²) in [6.07, 6.45) is 0.563. The molecule has 0 fully saturated rings. The van der Waals surface area contributed by atoms with E-state index in [2.05, 4.69) is 0 Å². The van der Waals surface area contributed by atoms with Crippen LogP contribution in [-0.4, -0.2) is 12.8 Å². The van der Waals surface area contributed by atoms with Crippen molar-refractivity contribution in [3.05, 3.63) is 93.7 Å². The molecule has 1 heterocycles. The Morgan fingerprint density at radius 2 is 1.75 bits per heavy atom. The normalized spacial score (nSPS) is 16.2. The molecule has 3 nitrogen and oxygen atoms in total. The highest BCUT2D eigenvalue weighted by Gasteiger charge is 2.31. The largest absolute Gasteiger partial charge is 0.497 e. The molecular formula is C22H17Cl2FN2O. The molecule has 3 aromatic rings. The monoisotopic (exact) mass is 414 g/mol. The van der Waals surface area contributed by atoms with Gasteiger partial charge in [-0.25, -0.2) is 4.39 Å². The molecule has 28 heavy (non-hydrogen) atoms. The Morgan fingerprint density at radius 3 is 2.43 bits per heavy atom. The third-order valence-corrected chi connectivity index (χ3v) is 5.50. The van der Waals surface area contributed by atoms with Crippen LogP contribution >= 0.6 is 23.2 Å². The van der Waals surface area contributed by atoms with Gasteiger partial charge in [-0.2, -0.15) is 5.10 Å². The van der Waals surface area contributed by atoms with Crippen molar-refractivity contribution in [3.8, 4) is 5.75 Å². The standard InChI is InChI=1S/C22H17Cl2FN2O/c1-28-16-9-6-14(7-10-16)22-13-21(17-4-2-3-5-20(17)25)26-27(22)15-8-11-18(23)19(24)12-15/h2-12,22H,13H2,1H3/t22-/m1/s1. The van der Waals surface area contributed by atoms with E-state index < -0.39 is 0 Å². The Kier molecular flexibility index (Phi) is 5.25. The number of methoxy groups -OCH3 is 1. The van der Waals surface area contributed by atoms with Gasteiger partial charge in [0.15, 0.2) is 0 Å². The number of rotatable bonds is 4. The van der Waals surface area contributed by atoms with Gasteiger partial charge in [-0.15, -0.1) is 0 Å². The predicted octanol–water partition coefficient (Wildman–Crippen LogP) is 6.50. The maximum Gasteiger partial charge on any atom is 0.132 e. The molecule has 3 aromatic carbocycles. The van der Waals surface area contributed by atoms with Crippen LogP contribution in [0.4, 0.5) is 10.1 Å². The number of nitrogens with zero attached hydrogens (tertiary/aromatic N) is 2. The summed E-state index contributed by atoms with van der Waals surface area (Å²) in [6.45, 7) is 0. The van der Waals surface area contributed by atoms with Crippen molar-refractivity contribution in [2.45, 2.75) is 12.5 Å². The molecular weight excluding hydrogens is 398 g/mol. The molecule has 1 atom stereocenters. The number of ether oxygens (including phenoxy) is 1. The second kappa shape index (κ2) is 7.82. The summed E-state index contributed by atoms with van der Waals surface area (Å²) in [5, 5.41) is 7.53. The van der Waals surface area contributed by atoms with E-state index >= 15 is 0 Å². The first kappa shape index (κ1) is 18.8. The molecule has 4 rings (SSSR count). The fraction of sp³-hybridized carbons (Fsp3) is 0.136. The van der Waals surface area contributed by atoms with Crippen molar-refractivity contribution in [1.82, 2.24) is 0 Å². The smallest absolute Gasteiger partial charge is 0.132 e. The fourth-order valence-corrected chi connectivity index (χ4v) is 3.61. The topological polar surface area (TPSA) is 24.8 Å². The first-order chi connectivity index (χ1) is 13.6. The number of hydrogen-bond donors (Lipinski definition) is 0. The summed E-state index contributed by atoms with van der Waals surface area (Å²) in [5.74, 6) is 0.490. The Bertz CT molecular complexity index is 1040. The van der Waals surface area contributed by atoms with Crippen molar-refractivity contribution in [2.24, 2.45) is 5.10 Å². The van der Waals surface area contributed by atoms with E-state index in [0.717, 1.165) is 17.0 Å². The van der Waals surface area contributed by atoms with E-state index in [-0.39, 0.29) is 11.9 Å². The van der Waals surface area contributed by atoms with Crippen LogP contribution in [0.15, 0.2) is 71.8 Å². The highest BCUT2D eigenvalue weighted by Crippen LogP contribution is 2.39. The third-order valence-electron chi connectivity index (χ3n) is 4.76. The first-order valence-corrected chi connectivity index (χ1v) is 9.53. The van der Waals surface area contributed by atoms with Crippen molar-refractivity contribution >= 4 is 34.6 Å². The second-order valence-electron chi connectivity index (χ2n) is 6.46. The fourth-order valence-electron chi connectivity index (χ4n) is 3.32. The van der Waals surface area contributed by atoms with Gasteiger partial charge < -0.3 is 4.74 Å². The van der Waals surface area contributed by atoms with Gasteiger partial charge in [0.1, 0.15) is 11.6 Å². The van der Waals surface area contributed by atoms with E-state index in [1.54, 1.807) is 31.4 Å². The van der Waals surface area contributed by atoms with Crippen LogP contribution in [0.2, 0.25) is 10.0 Å². The minimum absolute atomic E-state index is 0.0993.